The SMILES string of the molecule is CC(C)C(NS(=O)(=O)c1ccc(F)cc1)C(=O)N(C)[C@@H](CC(C)(C)C)C(=O)N1C[C@]2(C[C@H]1C#N)C(=O)Nc1ccccc12. The zero-order valence-corrected chi connectivity index (χ0v) is 26.0. The maximum Gasteiger partial charge on any atom is 0.246 e. The predicted molar refractivity (Wildman–Crippen MR) is 158 cm³/mol. The molecule has 4 rings (SSSR count). The first-order valence-corrected chi connectivity index (χ1v) is 15.6. The molecule has 2 N–H and O–H groups in total. The molecule has 1 unspecified atom stereocenters. The van der Waals surface area contributed by atoms with Crippen molar-refractivity contribution in [2.24, 2.45) is 11.3 Å². The summed E-state index contributed by atoms with van der Waals surface area (Å²) in [6, 6.07) is 10.4. The van der Waals surface area contributed by atoms with Crippen LogP contribution in [0.3, 0.4) is 0 Å². The van der Waals surface area contributed by atoms with Crippen molar-refractivity contribution in [3.8, 4) is 6.07 Å². The fraction of sp³-hybridized carbons (Fsp3) is 0.484. The Morgan fingerprint density at radius 2 is 1.81 bits per heavy atom. The molecule has 2 aromatic carbocycles. The second-order valence-corrected chi connectivity index (χ2v) is 14.6. The number of benzene rings is 2. The normalized spacial score (nSPS) is 21.3. The van der Waals surface area contributed by atoms with Crippen molar-refractivity contribution in [2.45, 2.75) is 75.9 Å². The highest BCUT2D eigenvalue weighted by molar-refractivity contribution is 7.89. The van der Waals surface area contributed by atoms with E-state index in [2.05, 4.69) is 16.1 Å². The van der Waals surface area contributed by atoms with Crippen LogP contribution in [0.15, 0.2) is 53.4 Å². The highest BCUT2D eigenvalue weighted by atomic mass is 32.2. The third kappa shape index (κ3) is 6.28. The number of halogens is 1. The number of carbonyl (C=O) groups excluding carboxylic acids is 3. The molecule has 0 aromatic heterocycles. The molecule has 2 aliphatic rings. The zero-order valence-electron chi connectivity index (χ0n) is 25.2. The summed E-state index contributed by atoms with van der Waals surface area (Å²) in [5, 5.41) is 13.0. The van der Waals surface area contributed by atoms with Crippen LogP contribution in [0.2, 0.25) is 0 Å². The fourth-order valence-electron chi connectivity index (χ4n) is 5.84. The second kappa shape index (κ2) is 11.7. The number of rotatable bonds is 8. The van der Waals surface area contributed by atoms with Crippen LogP contribution in [0.5, 0.6) is 0 Å². The molecule has 1 saturated heterocycles. The monoisotopic (exact) mass is 611 g/mol. The van der Waals surface area contributed by atoms with Gasteiger partial charge in [-0.15, -0.1) is 0 Å². The first-order valence-electron chi connectivity index (χ1n) is 14.2. The molecule has 43 heavy (non-hydrogen) atoms. The number of hydrogen-bond acceptors (Lipinski definition) is 6. The van der Waals surface area contributed by atoms with Crippen molar-refractivity contribution in [2.75, 3.05) is 18.9 Å². The molecule has 0 radical (unpaired) electrons. The minimum Gasteiger partial charge on any atom is -0.332 e. The van der Waals surface area contributed by atoms with Gasteiger partial charge in [0.1, 0.15) is 23.9 Å². The summed E-state index contributed by atoms with van der Waals surface area (Å²) in [5.74, 6) is -2.51. The molecule has 2 heterocycles. The van der Waals surface area contributed by atoms with Gasteiger partial charge in [0.25, 0.3) is 0 Å². The van der Waals surface area contributed by atoms with E-state index >= 15 is 0 Å². The Morgan fingerprint density at radius 1 is 1.19 bits per heavy atom. The van der Waals surface area contributed by atoms with Gasteiger partial charge in [-0.05, 0) is 53.6 Å². The maximum atomic E-state index is 14.3. The summed E-state index contributed by atoms with van der Waals surface area (Å²) in [4.78, 5) is 43.9. The van der Waals surface area contributed by atoms with Crippen LogP contribution in [0.4, 0.5) is 10.1 Å². The van der Waals surface area contributed by atoms with E-state index in [1.54, 1.807) is 32.0 Å². The standard InChI is InChI=1S/C31H38FN5O5S/c1-19(2)26(35-43(41,42)22-13-11-20(32)12-14-22)28(39)36(6)25(16-30(3,4)5)27(38)37-18-31(15-21(37)17-33)23-9-7-8-10-24(23)34-29(31)40/h7-14,19,21,25-26,35H,15-16,18H2,1-6H3,(H,34,40)/t21-,25-,26?,31-/m0/s1. The van der Waals surface area contributed by atoms with Crippen molar-refractivity contribution >= 4 is 33.4 Å². The number of hydrogen-bond donors (Lipinski definition) is 2. The average Bonchev–Trinajstić information content (AvgIpc) is 3.46. The van der Waals surface area contributed by atoms with Gasteiger partial charge in [0.15, 0.2) is 0 Å². The molecule has 4 atom stereocenters. The quantitative estimate of drug-likeness (QED) is 0.469. The van der Waals surface area contributed by atoms with E-state index in [1.165, 1.54) is 16.8 Å². The fourth-order valence-corrected chi connectivity index (χ4v) is 7.18. The summed E-state index contributed by atoms with van der Waals surface area (Å²) >= 11 is 0. The van der Waals surface area contributed by atoms with Gasteiger partial charge in [0.05, 0.1) is 16.4 Å². The maximum absolute atomic E-state index is 14.3. The van der Waals surface area contributed by atoms with E-state index in [0.717, 1.165) is 29.8 Å². The van der Waals surface area contributed by atoms with Crippen LogP contribution in [0, 0.1) is 28.5 Å². The first-order chi connectivity index (χ1) is 20.0. The van der Waals surface area contributed by atoms with E-state index in [9.17, 15) is 32.5 Å². The van der Waals surface area contributed by atoms with Crippen molar-refractivity contribution in [1.82, 2.24) is 14.5 Å². The first kappa shape index (κ1) is 32.1. The number of likely N-dealkylation sites (tertiary alicyclic amines) is 1. The van der Waals surface area contributed by atoms with Crippen LogP contribution < -0.4 is 10.0 Å². The van der Waals surface area contributed by atoms with E-state index < -0.39 is 62.5 Å². The molecular weight excluding hydrogens is 573 g/mol. The molecule has 3 amide bonds. The predicted octanol–water partition coefficient (Wildman–Crippen LogP) is 3.41. The van der Waals surface area contributed by atoms with Gasteiger partial charge in [-0.1, -0.05) is 52.8 Å². The number of nitriles is 1. The lowest BCUT2D eigenvalue weighted by molar-refractivity contribution is -0.147. The van der Waals surface area contributed by atoms with Gasteiger partial charge in [-0.25, -0.2) is 12.8 Å². The van der Waals surface area contributed by atoms with Crippen molar-refractivity contribution < 1.29 is 27.2 Å². The second-order valence-electron chi connectivity index (χ2n) is 12.9. The van der Waals surface area contributed by atoms with E-state index in [4.69, 9.17) is 0 Å². The third-order valence-corrected chi connectivity index (χ3v) is 9.62. The largest absolute Gasteiger partial charge is 0.332 e. The molecule has 2 aromatic rings. The number of nitrogens with one attached hydrogen (secondary N) is 2. The zero-order chi connectivity index (χ0) is 31.9. The Labute approximate surface area is 252 Å². The molecule has 230 valence electrons. The van der Waals surface area contributed by atoms with Gasteiger partial charge < -0.3 is 15.1 Å². The number of carbonyl (C=O) groups is 3. The molecule has 0 aliphatic carbocycles. The van der Waals surface area contributed by atoms with Gasteiger partial charge in [0.2, 0.25) is 27.7 Å². The van der Waals surface area contributed by atoms with Crippen molar-refractivity contribution in [3.63, 3.8) is 0 Å². The van der Waals surface area contributed by atoms with Gasteiger partial charge in [-0.3, -0.25) is 14.4 Å². The molecule has 0 saturated carbocycles. The molecule has 1 spiro atoms. The summed E-state index contributed by atoms with van der Waals surface area (Å²) in [5.41, 5.74) is -0.160. The van der Waals surface area contributed by atoms with Crippen LogP contribution in [0.25, 0.3) is 0 Å². The Bertz CT molecular complexity index is 1560. The van der Waals surface area contributed by atoms with Gasteiger partial charge in [0, 0.05) is 25.7 Å². The average molecular weight is 612 g/mol. The van der Waals surface area contributed by atoms with Gasteiger partial charge in [-0.2, -0.15) is 9.98 Å². The minimum atomic E-state index is -4.21. The highest BCUT2D eigenvalue weighted by Gasteiger charge is 2.57. The Kier molecular flexibility index (Phi) is 8.73. The minimum absolute atomic E-state index is 0.0274. The smallest absolute Gasteiger partial charge is 0.246 e. The molecule has 0 bridgehead atoms. The van der Waals surface area contributed by atoms with Crippen LogP contribution >= 0.6 is 0 Å². The molecular formula is C31H38FN5O5S. The number of anilines is 1. The highest BCUT2D eigenvalue weighted by Crippen LogP contribution is 2.46. The number of likely N-dealkylation sites (N-methyl/N-ethyl adjacent to an activating group) is 1. The summed E-state index contributed by atoms with van der Waals surface area (Å²) in [6.07, 6.45) is 0.331. The molecule has 12 heteroatoms. The molecule has 10 nitrogen and oxygen atoms in total. The van der Waals surface area contributed by atoms with Crippen molar-refractivity contribution in [3.05, 3.63) is 59.9 Å². The van der Waals surface area contributed by atoms with E-state index in [1.807, 2.05) is 26.8 Å². The topological polar surface area (TPSA) is 140 Å². The molecule has 2 aliphatic heterocycles. The van der Waals surface area contributed by atoms with Crippen molar-refractivity contribution in [1.29, 1.82) is 5.26 Å². The number of amides is 3. The van der Waals surface area contributed by atoms with Gasteiger partial charge >= 0.3 is 0 Å². The Balaban J connectivity index is 1.65. The molecule has 1 fully saturated rings. The lowest BCUT2D eigenvalue weighted by Gasteiger charge is -2.37. The number of para-hydroxylation sites is 1. The third-order valence-electron chi connectivity index (χ3n) is 8.16. The summed E-state index contributed by atoms with van der Waals surface area (Å²) in [7, 11) is -2.76. The lowest BCUT2D eigenvalue weighted by Crippen LogP contribution is -2.57. The summed E-state index contributed by atoms with van der Waals surface area (Å²) < 4.78 is 42.1. The van der Waals surface area contributed by atoms with Crippen LogP contribution in [-0.4, -0.2) is 67.7 Å². The number of fused-ring (bicyclic) bond motifs is 2. The van der Waals surface area contributed by atoms with E-state index in [0.29, 0.717) is 5.69 Å². The van der Waals surface area contributed by atoms with Crippen LogP contribution in [-0.2, 0) is 29.8 Å². The van der Waals surface area contributed by atoms with E-state index in [-0.39, 0.29) is 30.2 Å². The summed E-state index contributed by atoms with van der Waals surface area (Å²) in [6.45, 7) is 9.07. The number of sulfonamides is 1. The number of nitrogens with zero attached hydrogens (tertiary/aromatic N) is 3. The Hall–Kier alpha value is -3.82. The Morgan fingerprint density at radius 3 is 2.40 bits per heavy atom. The van der Waals surface area contributed by atoms with Crippen LogP contribution in [0.1, 0.15) is 53.0 Å². The lowest BCUT2D eigenvalue weighted by atomic mass is 9.80.